The zero-order valence-corrected chi connectivity index (χ0v) is 11.5. The summed E-state index contributed by atoms with van der Waals surface area (Å²) in [6.45, 7) is 2.08. The van der Waals surface area contributed by atoms with Crippen molar-refractivity contribution in [2.45, 2.75) is 6.92 Å². The molecule has 0 fully saturated rings. The molecule has 21 heavy (non-hydrogen) atoms. The Labute approximate surface area is 121 Å². The minimum absolute atomic E-state index is 0.503. The summed E-state index contributed by atoms with van der Waals surface area (Å²) in [5.41, 5.74) is 4.05. The fourth-order valence-electron chi connectivity index (χ4n) is 2.40. The number of aryl methyl sites for hydroxylation is 1. The van der Waals surface area contributed by atoms with E-state index >= 15 is 0 Å². The van der Waals surface area contributed by atoms with Gasteiger partial charge in [0.05, 0.1) is 0 Å². The van der Waals surface area contributed by atoms with E-state index in [1.165, 1.54) is 5.56 Å². The highest BCUT2D eigenvalue weighted by atomic mass is 16.4. The van der Waals surface area contributed by atoms with Crippen molar-refractivity contribution in [3.8, 4) is 23.0 Å². The van der Waals surface area contributed by atoms with Crippen molar-refractivity contribution in [3.63, 3.8) is 0 Å². The molecule has 2 aromatic carbocycles. The molecule has 0 atom stereocenters. The topological polar surface area (TPSA) is 54.7 Å². The second-order valence-corrected chi connectivity index (χ2v) is 5.05. The molecule has 0 aliphatic rings. The van der Waals surface area contributed by atoms with Crippen LogP contribution in [0.4, 0.5) is 0 Å². The van der Waals surface area contributed by atoms with Crippen LogP contribution in [-0.4, -0.2) is 15.2 Å². The molecule has 4 nitrogen and oxygen atoms in total. The maximum atomic E-state index is 5.76. The van der Waals surface area contributed by atoms with Gasteiger partial charge in [0.1, 0.15) is 5.69 Å². The summed E-state index contributed by atoms with van der Waals surface area (Å²) in [7, 11) is 0. The van der Waals surface area contributed by atoms with Crippen LogP contribution < -0.4 is 0 Å². The molecule has 4 rings (SSSR count). The lowest BCUT2D eigenvalue weighted by Gasteiger charge is -1.92. The zero-order chi connectivity index (χ0) is 14.2. The van der Waals surface area contributed by atoms with Crippen molar-refractivity contribution < 1.29 is 4.42 Å². The smallest absolute Gasteiger partial charge is 0.264 e. The zero-order valence-electron chi connectivity index (χ0n) is 11.5. The van der Waals surface area contributed by atoms with E-state index in [0.29, 0.717) is 11.8 Å². The highest BCUT2D eigenvalue weighted by Crippen LogP contribution is 2.26. The molecule has 0 amide bonds. The van der Waals surface area contributed by atoms with Gasteiger partial charge in [-0.15, -0.1) is 10.2 Å². The number of hydrogen-bond donors (Lipinski definition) is 1. The average Bonchev–Trinajstić information content (AvgIpc) is 3.14. The molecule has 0 aliphatic carbocycles. The Morgan fingerprint density at radius 1 is 0.905 bits per heavy atom. The molecule has 0 saturated heterocycles. The lowest BCUT2D eigenvalue weighted by molar-refractivity contribution is 0.583. The highest BCUT2D eigenvalue weighted by Gasteiger charge is 2.12. The number of hydrogen-bond acceptors (Lipinski definition) is 3. The van der Waals surface area contributed by atoms with Gasteiger partial charge in [-0.25, -0.2) is 0 Å². The summed E-state index contributed by atoms with van der Waals surface area (Å²) in [5.74, 6) is 1.03. The van der Waals surface area contributed by atoms with E-state index in [1.54, 1.807) is 0 Å². The first-order valence-corrected chi connectivity index (χ1v) is 6.78. The van der Waals surface area contributed by atoms with Gasteiger partial charge in [0.15, 0.2) is 0 Å². The molecule has 0 saturated carbocycles. The van der Waals surface area contributed by atoms with Crippen LogP contribution >= 0.6 is 0 Å². The van der Waals surface area contributed by atoms with E-state index in [0.717, 1.165) is 22.2 Å². The van der Waals surface area contributed by atoms with Crippen molar-refractivity contribution in [1.29, 1.82) is 0 Å². The molecule has 0 aliphatic heterocycles. The first-order valence-electron chi connectivity index (χ1n) is 6.78. The Morgan fingerprint density at radius 2 is 1.71 bits per heavy atom. The monoisotopic (exact) mass is 275 g/mol. The Balaban J connectivity index is 1.77. The van der Waals surface area contributed by atoms with Crippen LogP contribution in [0.15, 0.2) is 59.0 Å². The summed E-state index contributed by atoms with van der Waals surface area (Å²) in [5, 5.41) is 9.39. The molecule has 0 spiro atoms. The Bertz CT molecular complexity index is 906. The van der Waals surface area contributed by atoms with Gasteiger partial charge in [-0.2, -0.15) is 0 Å². The van der Waals surface area contributed by atoms with Crippen LogP contribution in [0, 0.1) is 6.92 Å². The van der Waals surface area contributed by atoms with Crippen molar-refractivity contribution in [1.82, 2.24) is 15.2 Å². The van der Waals surface area contributed by atoms with Gasteiger partial charge in [0.2, 0.25) is 5.89 Å². The van der Waals surface area contributed by atoms with Gasteiger partial charge in [-0.05, 0) is 37.3 Å². The van der Waals surface area contributed by atoms with Crippen LogP contribution in [-0.2, 0) is 0 Å². The minimum Gasteiger partial charge on any atom is -0.415 e. The van der Waals surface area contributed by atoms with E-state index in [1.807, 2.05) is 36.4 Å². The molecule has 2 heterocycles. The molecule has 4 heteroatoms. The Morgan fingerprint density at radius 3 is 2.57 bits per heavy atom. The fourth-order valence-corrected chi connectivity index (χ4v) is 2.40. The van der Waals surface area contributed by atoms with Crippen molar-refractivity contribution >= 4 is 10.9 Å². The van der Waals surface area contributed by atoms with Crippen molar-refractivity contribution in [2.24, 2.45) is 0 Å². The average molecular weight is 275 g/mol. The third kappa shape index (κ3) is 2.10. The van der Waals surface area contributed by atoms with Crippen LogP contribution in [0.5, 0.6) is 0 Å². The second-order valence-electron chi connectivity index (χ2n) is 5.05. The number of nitrogens with zero attached hydrogens (tertiary/aromatic N) is 2. The quantitative estimate of drug-likeness (QED) is 0.596. The standard InChI is InChI=1S/C17H13N3O/c1-11-7-8-14-13(9-11)10-15(18-14)17-20-19-16(21-17)12-5-3-2-4-6-12/h2-10,18H,1H3. The van der Waals surface area contributed by atoms with Crippen molar-refractivity contribution in [3.05, 3.63) is 60.2 Å². The van der Waals surface area contributed by atoms with Gasteiger partial charge in [0.25, 0.3) is 5.89 Å². The molecule has 102 valence electrons. The van der Waals surface area contributed by atoms with Gasteiger partial charge in [-0.3, -0.25) is 0 Å². The maximum Gasteiger partial charge on any atom is 0.264 e. The first kappa shape index (κ1) is 11.9. The number of aromatic nitrogens is 3. The van der Waals surface area contributed by atoms with Crippen LogP contribution in [0.3, 0.4) is 0 Å². The van der Waals surface area contributed by atoms with E-state index in [4.69, 9.17) is 4.42 Å². The van der Waals surface area contributed by atoms with E-state index in [2.05, 4.69) is 40.3 Å². The number of H-pyrrole nitrogens is 1. The summed E-state index contributed by atoms with van der Waals surface area (Å²) >= 11 is 0. The third-order valence-electron chi connectivity index (χ3n) is 3.45. The third-order valence-corrected chi connectivity index (χ3v) is 3.45. The molecular weight excluding hydrogens is 262 g/mol. The number of rotatable bonds is 2. The molecule has 0 unspecified atom stereocenters. The number of aromatic amines is 1. The summed E-state index contributed by atoms with van der Waals surface area (Å²) < 4.78 is 5.76. The van der Waals surface area contributed by atoms with Gasteiger partial charge in [-0.1, -0.05) is 29.8 Å². The van der Waals surface area contributed by atoms with E-state index in [9.17, 15) is 0 Å². The van der Waals surface area contributed by atoms with Gasteiger partial charge in [0, 0.05) is 16.5 Å². The van der Waals surface area contributed by atoms with E-state index in [-0.39, 0.29) is 0 Å². The van der Waals surface area contributed by atoms with Crippen molar-refractivity contribution in [2.75, 3.05) is 0 Å². The summed E-state index contributed by atoms with van der Waals surface area (Å²) in [4.78, 5) is 3.31. The van der Waals surface area contributed by atoms with Gasteiger partial charge >= 0.3 is 0 Å². The number of nitrogens with one attached hydrogen (secondary N) is 1. The minimum atomic E-state index is 0.503. The van der Waals surface area contributed by atoms with Crippen LogP contribution in [0.2, 0.25) is 0 Å². The summed E-state index contributed by atoms with van der Waals surface area (Å²) in [6.07, 6.45) is 0. The molecule has 4 aromatic rings. The molecule has 1 N–H and O–H groups in total. The van der Waals surface area contributed by atoms with Crippen LogP contribution in [0.1, 0.15) is 5.56 Å². The number of fused-ring (bicyclic) bond motifs is 1. The van der Waals surface area contributed by atoms with Crippen LogP contribution in [0.25, 0.3) is 33.9 Å². The second kappa shape index (κ2) is 4.59. The molecular formula is C17H13N3O. The lowest BCUT2D eigenvalue weighted by Crippen LogP contribution is -1.76. The first-order chi connectivity index (χ1) is 10.3. The van der Waals surface area contributed by atoms with E-state index < -0.39 is 0 Å². The molecule has 0 radical (unpaired) electrons. The lowest BCUT2D eigenvalue weighted by atomic mass is 10.2. The normalized spacial score (nSPS) is 11.1. The summed E-state index contributed by atoms with van der Waals surface area (Å²) in [6, 6.07) is 18.1. The maximum absolute atomic E-state index is 5.76. The predicted molar refractivity (Wildman–Crippen MR) is 81.8 cm³/mol. The largest absolute Gasteiger partial charge is 0.415 e. The SMILES string of the molecule is Cc1ccc2[nH]c(-c3nnc(-c4ccccc4)o3)cc2c1. The molecule has 0 bridgehead atoms. The number of benzene rings is 2. The molecule has 2 aromatic heterocycles. The van der Waals surface area contributed by atoms with Gasteiger partial charge < -0.3 is 9.40 Å². The Kier molecular flexibility index (Phi) is 2.60. The Hall–Kier alpha value is -2.88. The highest BCUT2D eigenvalue weighted by molar-refractivity contribution is 5.85. The fraction of sp³-hybridized carbons (Fsp3) is 0.0588. The predicted octanol–water partition coefficient (Wildman–Crippen LogP) is 4.19.